The summed E-state index contributed by atoms with van der Waals surface area (Å²) in [7, 11) is 0. The van der Waals surface area contributed by atoms with Gasteiger partial charge in [-0.15, -0.1) is 0 Å². The Bertz CT molecular complexity index is 1180. The van der Waals surface area contributed by atoms with Gasteiger partial charge in [-0.1, -0.05) is 42.5 Å². The molecule has 2 N–H and O–H groups in total. The van der Waals surface area contributed by atoms with Gasteiger partial charge in [-0.25, -0.2) is 9.88 Å². The smallest absolute Gasteiger partial charge is 0.292 e. The molecule has 1 saturated heterocycles. The molecule has 1 aliphatic heterocycles. The van der Waals surface area contributed by atoms with Gasteiger partial charge in [0.2, 0.25) is 11.8 Å². The molecule has 148 valence electrons. The maximum atomic E-state index is 12.9. The third-order valence-corrected chi connectivity index (χ3v) is 5.33. The summed E-state index contributed by atoms with van der Waals surface area (Å²) in [5, 5.41) is 1.93. The molecule has 0 bridgehead atoms. The van der Waals surface area contributed by atoms with Crippen LogP contribution < -0.4 is 10.2 Å². The second-order valence-electron chi connectivity index (χ2n) is 7.34. The van der Waals surface area contributed by atoms with Gasteiger partial charge in [0.05, 0.1) is 12.1 Å². The van der Waals surface area contributed by atoms with E-state index < -0.39 is 6.04 Å². The van der Waals surface area contributed by atoms with Crippen molar-refractivity contribution in [2.75, 3.05) is 4.90 Å². The molecule has 0 radical (unpaired) electrons. The number of carbonyl (C=O) groups is 2. The first-order valence-corrected chi connectivity index (χ1v) is 9.89. The molecule has 2 amide bonds. The minimum absolute atomic E-state index is 0.175. The van der Waals surface area contributed by atoms with E-state index in [0.29, 0.717) is 18.1 Å². The number of hydrogen-bond donors (Lipinski definition) is 1. The Balaban J connectivity index is 1.32. The minimum Gasteiger partial charge on any atom is -0.436 e. The van der Waals surface area contributed by atoms with Gasteiger partial charge in [0, 0.05) is 11.1 Å². The van der Waals surface area contributed by atoms with Crippen molar-refractivity contribution in [1.82, 2.24) is 4.98 Å². The van der Waals surface area contributed by atoms with Crippen LogP contribution in [0.25, 0.3) is 22.6 Å². The summed E-state index contributed by atoms with van der Waals surface area (Å²) in [5.74, 6) is 0.158. The topological polar surface area (TPSA) is 80.0 Å². The number of hydrogen-bond acceptors (Lipinski definition) is 4. The monoisotopic (exact) mass is 398 g/mol. The predicted molar refractivity (Wildman–Crippen MR) is 112 cm³/mol. The fraction of sp³-hybridized carbons (Fsp3) is 0.125. The largest absolute Gasteiger partial charge is 0.436 e. The summed E-state index contributed by atoms with van der Waals surface area (Å²) in [6, 6.07) is 24.3. The van der Waals surface area contributed by atoms with Crippen molar-refractivity contribution in [3.05, 3.63) is 84.4 Å². The average Bonchev–Trinajstić information content (AvgIpc) is 3.33. The molecule has 1 aromatic heterocycles. The number of aromatic nitrogens is 1. The number of rotatable bonds is 5. The zero-order valence-corrected chi connectivity index (χ0v) is 16.2. The van der Waals surface area contributed by atoms with Crippen molar-refractivity contribution in [1.29, 1.82) is 0 Å². The van der Waals surface area contributed by atoms with Gasteiger partial charge < -0.3 is 9.73 Å². The number of fused-ring (bicyclic) bond motifs is 1. The number of carbonyl (C=O) groups excluding carboxylic acids is 2. The van der Waals surface area contributed by atoms with Crippen LogP contribution in [-0.4, -0.2) is 22.8 Å². The lowest BCUT2D eigenvalue weighted by Crippen LogP contribution is -2.90. The average molecular weight is 398 g/mol. The molecule has 4 aromatic rings. The van der Waals surface area contributed by atoms with Crippen LogP contribution in [0.4, 0.5) is 5.69 Å². The Morgan fingerprint density at radius 2 is 1.67 bits per heavy atom. The Kier molecular flexibility index (Phi) is 4.61. The fourth-order valence-electron chi connectivity index (χ4n) is 3.75. The van der Waals surface area contributed by atoms with Crippen LogP contribution in [0.5, 0.6) is 0 Å². The highest BCUT2D eigenvalue weighted by Crippen LogP contribution is 2.28. The van der Waals surface area contributed by atoms with Gasteiger partial charge in [0.15, 0.2) is 11.6 Å². The molecule has 6 nitrogen and oxygen atoms in total. The van der Waals surface area contributed by atoms with Crippen LogP contribution in [-0.2, 0) is 16.1 Å². The third kappa shape index (κ3) is 3.38. The Morgan fingerprint density at radius 1 is 0.933 bits per heavy atom. The molecular weight excluding hydrogens is 378 g/mol. The molecule has 1 aliphatic rings. The van der Waals surface area contributed by atoms with E-state index in [-0.39, 0.29) is 18.2 Å². The molecular formula is C24H20N3O3+. The van der Waals surface area contributed by atoms with E-state index in [1.807, 2.05) is 72.0 Å². The van der Waals surface area contributed by atoms with E-state index in [9.17, 15) is 9.59 Å². The predicted octanol–water partition coefficient (Wildman–Crippen LogP) is 2.89. The lowest BCUT2D eigenvalue weighted by atomic mass is 10.2. The number of oxazole rings is 1. The minimum atomic E-state index is -0.394. The quantitative estimate of drug-likeness (QED) is 0.524. The summed E-state index contributed by atoms with van der Waals surface area (Å²) < 4.78 is 5.79. The van der Waals surface area contributed by atoms with Gasteiger partial charge >= 0.3 is 0 Å². The molecule has 2 heterocycles. The van der Waals surface area contributed by atoms with Gasteiger partial charge in [-0.05, 0) is 36.4 Å². The molecule has 30 heavy (non-hydrogen) atoms. The first-order valence-electron chi connectivity index (χ1n) is 9.89. The second-order valence-corrected chi connectivity index (χ2v) is 7.34. The third-order valence-electron chi connectivity index (χ3n) is 5.33. The lowest BCUT2D eigenvalue weighted by molar-refractivity contribution is -0.690. The van der Waals surface area contributed by atoms with E-state index in [0.717, 1.165) is 22.2 Å². The number of nitrogens with zero attached hydrogens (tertiary/aromatic N) is 2. The Hall–Kier alpha value is -3.77. The fourth-order valence-corrected chi connectivity index (χ4v) is 3.75. The highest BCUT2D eigenvalue weighted by Gasteiger charge is 2.42. The van der Waals surface area contributed by atoms with Crippen LogP contribution in [0.15, 0.2) is 83.3 Å². The number of nitrogens with two attached hydrogens (primary N) is 1. The molecule has 1 unspecified atom stereocenters. The van der Waals surface area contributed by atoms with Crippen molar-refractivity contribution in [2.24, 2.45) is 0 Å². The normalized spacial score (nSPS) is 16.5. The van der Waals surface area contributed by atoms with Crippen molar-refractivity contribution < 1.29 is 19.3 Å². The van der Waals surface area contributed by atoms with E-state index in [1.165, 1.54) is 4.90 Å². The van der Waals surface area contributed by atoms with Gasteiger partial charge in [-0.3, -0.25) is 9.59 Å². The maximum absolute atomic E-state index is 12.9. The summed E-state index contributed by atoms with van der Waals surface area (Å²) in [6.07, 6.45) is 0.207. The summed E-state index contributed by atoms with van der Waals surface area (Å²) >= 11 is 0. The SMILES string of the molecule is O=C1CC([NH2+]Cc2ccccc2)C(=O)N1c1ccc(-c2nc3ccccc3o2)cc1. The number of amides is 2. The number of anilines is 1. The van der Waals surface area contributed by atoms with E-state index in [2.05, 4.69) is 4.98 Å². The molecule has 1 atom stereocenters. The molecule has 5 rings (SSSR count). The standard InChI is InChI=1S/C24H19N3O3/c28-22-14-20(25-15-16-6-2-1-3-7-16)24(29)27(22)18-12-10-17(11-13-18)23-26-19-8-4-5-9-21(19)30-23/h1-13,20,25H,14-15H2/p+1. The Morgan fingerprint density at radius 3 is 2.43 bits per heavy atom. The Labute approximate surface area is 173 Å². The summed E-state index contributed by atoms with van der Waals surface area (Å²) in [4.78, 5) is 31.2. The van der Waals surface area contributed by atoms with E-state index in [4.69, 9.17) is 4.42 Å². The molecule has 3 aromatic carbocycles. The van der Waals surface area contributed by atoms with Crippen LogP contribution in [0, 0.1) is 0 Å². The van der Waals surface area contributed by atoms with Crippen molar-refractivity contribution in [3.8, 4) is 11.5 Å². The zero-order chi connectivity index (χ0) is 20.5. The van der Waals surface area contributed by atoms with Crippen LogP contribution in [0.1, 0.15) is 12.0 Å². The second kappa shape index (κ2) is 7.57. The first-order chi connectivity index (χ1) is 14.7. The number of benzene rings is 3. The van der Waals surface area contributed by atoms with Gasteiger partial charge in [0.1, 0.15) is 12.1 Å². The highest BCUT2D eigenvalue weighted by atomic mass is 16.3. The van der Waals surface area contributed by atoms with E-state index >= 15 is 0 Å². The number of quaternary nitrogens is 1. The molecule has 1 fully saturated rings. The van der Waals surface area contributed by atoms with Crippen LogP contribution in [0.2, 0.25) is 0 Å². The summed E-state index contributed by atoms with van der Waals surface area (Å²) in [5.41, 5.74) is 4.00. The zero-order valence-electron chi connectivity index (χ0n) is 16.2. The first kappa shape index (κ1) is 18.3. The van der Waals surface area contributed by atoms with Crippen molar-refractivity contribution >= 4 is 28.6 Å². The highest BCUT2D eigenvalue weighted by molar-refractivity contribution is 6.21. The lowest BCUT2D eigenvalue weighted by Gasteiger charge is -2.14. The van der Waals surface area contributed by atoms with Crippen LogP contribution in [0.3, 0.4) is 0 Å². The van der Waals surface area contributed by atoms with Gasteiger partial charge in [-0.2, -0.15) is 0 Å². The van der Waals surface area contributed by atoms with E-state index in [1.54, 1.807) is 12.1 Å². The van der Waals surface area contributed by atoms with Crippen LogP contribution >= 0.6 is 0 Å². The molecule has 0 saturated carbocycles. The van der Waals surface area contributed by atoms with Crippen molar-refractivity contribution in [3.63, 3.8) is 0 Å². The molecule has 0 aliphatic carbocycles. The number of para-hydroxylation sites is 2. The summed E-state index contributed by atoms with van der Waals surface area (Å²) in [6.45, 7) is 0.662. The van der Waals surface area contributed by atoms with Gasteiger partial charge in [0.25, 0.3) is 5.91 Å². The molecule has 6 heteroatoms. The maximum Gasteiger partial charge on any atom is 0.292 e. The molecule has 0 spiro atoms. The number of imide groups is 1. The van der Waals surface area contributed by atoms with Crippen molar-refractivity contribution in [2.45, 2.75) is 19.0 Å².